The van der Waals surface area contributed by atoms with Crippen molar-refractivity contribution in [1.82, 2.24) is 15.0 Å². The number of pyridine rings is 3. The zero-order valence-electron chi connectivity index (χ0n) is 29.3. The minimum absolute atomic E-state index is 0. The van der Waals surface area contributed by atoms with E-state index >= 15 is 0 Å². The van der Waals surface area contributed by atoms with Crippen LogP contribution in [0.25, 0.3) is 44.6 Å². The second kappa shape index (κ2) is 14.8. The third kappa shape index (κ3) is 8.35. The monoisotopic (exact) mass is 818 g/mol. The van der Waals surface area contributed by atoms with Crippen LogP contribution in [-0.4, -0.2) is 23.0 Å². The summed E-state index contributed by atoms with van der Waals surface area (Å²) in [6, 6.07) is 29.2. The molecule has 0 unspecified atom stereocenters. The third-order valence-electron chi connectivity index (χ3n) is 8.99. The molecular weight excluding hydrogens is 771 g/mol. The summed E-state index contributed by atoms with van der Waals surface area (Å²) in [5.41, 5.74) is 8.57. The molecule has 0 amide bonds. The van der Waals surface area contributed by atoms with Gasteiger partial charge in [0.1, 0.15) is 0 Å². The zero-order valence-corrected chi connectivity index (χ0v) is 32.7. The number of hydrogen-bond donors (Lipinski definition) is 0. The summed E-state index contributed by atoms with van der Waals surface area (Å²) in [5, 5.41) is 3.56. The molecule has 247 valence electrons. The van der Waals surface area contributed by atoms with Crippen molar-refractivity contribution in [1.29, 1.82) is 0 Å². The van der Waals surface area contributed by atoms with Crippen molar-refractivity contribution in [3.63, 3.8) is 0 Å². The molecule has 4 nitrogen and oxygen atoms in total. The van der Waals surface area contributed by atoms with Crippen molar-refractivity contribution in [3.8, 4) is 22.5 Å². The molecule has 0 aliphatic rings. The number of aromatic nitrogens is 3. The number of fused-ring (bicyclic) bond motifs is 3. The molecular formula is C41H47IrN3OSi-2. The Morgan fingerprint density at radius 2 is 1.53 bits per heavy atom. The Morgan fingerprint density at radius 3 is 2.19 bits per heavy atom. The van der Waals surface area contributed by atoms with E-state index in [9.17, 15) is 0 Å². The van der Waals surface area contributed by atoms with Gasteiger partial charge in [-0.3, -0.25) is 0 Å². The smallest absolute Gasteiger partial charge is 0.216 e. The van der Waals surface area contributed by atoms with Gasteiger partial charge in [-0.15, -0.1) is 54.1 Å². The number of rotatable bonds is 7. The van der Waals surface area contributed by atoms with Crippen LogP contribution >= 0.6 is 0 Å². The second-order valence-electron chi connectivity index (χ2n) is 14.7. The summed E-state index contributed by atoms with van der Waals surface area (Å²) < 4.78 is 6.03. The summed E-state index contributed by atoms with van der Waals surface area (Å²) in [7, 11) is -1.37. The SMILES string of the molecule is CC(C)(C)Cc1cc(-c2[c-]cccc2)ncc1[Si](C)(C)C.CCC(C)(CC)c1ccnc(-c2[c-]ccc3c2oc2ncccc23)c1.[Ir]. The molecule has 0 saturated carbocycles. The van der Waals surface area contributed by atoms with Crippen molar-refractivity contribution in [3.05, 3.63) is 109 Å². The molecule has 6 aromatic rings. The molecule has 2 aromatic carbocycles. The maximum atomic E-state index is 6.03. The van der Waals surface area contributed by atoms with Gasteiger partial charge in [-0.2, -0.15) is 0 Å². The van der Waals surface area contributed by atoms with Gasteiger partial charge < -0.3 is 14.4 Å². The molecule has 0 saturated heterocycles. The largest absolute Gasteiger partial charge is 0.486 e. The topological polar surface area (TPSA) is 51.8 Å². The molecule has 6 heteroatoms. The zero-order chi connectivity index (χ0) is 33.1. The first-order chi connectivity index (χ1) is 21.8. The van der Waals surface area contributed by atoms with Crippen molar-refractivity contribution >= 4 is 35.3 Å². The first-order valence-corrected chi connectivity index (χ1v) is 19.9. The fourth-order valence-corrected chi connectivity index (χ4v) is 7.53. The van der Waals surface area contributed by atoms with Crippen LogP contribution in [0.2, 0.25) is 19.6 Å². The Kier molecular flexibility index (Phi) is 11.4. The Morgan fingerprint density at radius 1 is 0.766 bits per heavy atom. The van der Waals surface area contributed by atoms with E-state index in [0.717, 1.165) is 58.1 Å². The molecule has 1 radical (unpaired) electrons. The van der Waals surface area contributed by atoms with E-state index in [0.29, 0.717) is 5.71 Å². The van der Waals surface area contributed by atoms with E-state index in [2.05, 4.69) is 114 Å². The minimum Gasteiger partial charge on any atom is -0.486 e. The number of benzene rings is 2. The Labute approximate surface area is 295 Å². The van der Waals surface area contributed by atoms with Crippen molar-refractivity contribution in [2.24, 2.45) is 5.41 Å². The van der Waals surface area contributed by atoms with Crippen LogP contribution in [0.1, 0.15) is 65.5 Å². The van der Waals surface area contributed by atoms with Gasteiger partial charge in [0.05, 0.1) is 13.7 Å². The van der Waals surface area contributed by atoms with E-state index < -0.39 is 8.07 Å². The van der Waals surface area contributed by atoms with Crippen LogP contribution in [0.4, 0.5) is 0 Å². The second-order valence-corrected chi connectivity index (χ2v) is 19.8. The molecule has 0 N–H and O–H groups in total. The minimum atomic E-state index is -1.37. The normalized spacial score (nSPS) is 12.0. The molecule has 4 aromatic heterocycles. The number of hydrogen-bond acceptors (Lipinski definition) is 4. The van der Waals surface area contributed by atoms with Crippen LogP contribution < -0.4 is 5.19 Å². The predicted molar refractivity (Wildman–Crippen MR) is 196 cm³/mol. The molecule has 0 aliphatic carbocycles. The summed E-state index contributed by atoms with van der Waals surface area (Å²) in [4.78, 5) is 13.6. The Hall–Kier alpha value is -3.44. The van der Waals surface area contributed by atoms with E-state index in [-0.39, 0.29) is 30.9 Å². The predicted octanol–water partition coefficient (Wildman–Crippen LogP) is 10.6. The maximum absolute atomic E-state index is 6.03. The van der Waals surface area contributed by atoms with Gasteiger partial charge in [-0.25, -0.2) is 4.98 Å². The maximum Gasteiger partial charge on any atom is 0.216 e. The first-order valence-electron chi connectivity index (χ1n) is 16.4. The Balaban J connectivity index is 0.000000212. The van der Waals surface area contributed by atoms with Crippen LogP contribution in [0.3, 0.4) is 0 Å². The average molecular weight is 818 g/mol. The van der Waals surface area contributed by atoms with Crippen molar-refractivity contribution in [2.45, 2.75) is 85.9 Å². The number of furan rings is 1. The van der Waals surface area contributed by atoms with Crippen LogP contribution in [0.15, 0.2) is 89.7 Å². The van der Waals surface area contributed by atoms with Crippen molar-refractivity contribution < 1.29 is 24.5 Å². The first kappa shape index (κ1) is 36.4. The molecule has 0 spiro atoms. The quantitative estimate of drug-likeness (QED) is 0.119. The summed E-state index contributed by atoms with van der Waals surface area (Å²) in [5.74, 6) is 0. The average Bonchev–Trinajstić information content (AvgIpc) is 3.43. The van der Waals surface area contributed by atoms with E-state index in [1.54, 1.807) is 6.20 Å². The van der Waals surface area contributed by atoms with Crippen molar-refractivity contribution in [2.75, 3.05) is 0 Å². The summed E-state index contributed by atoms with van der Waals surface area (Å²) in [6.45, 7) is 20.9. The fourth-order valence-electron chi connectivity index (χ4n) is 5.96. The molecule has 0 bridgehead atoms. The van der Waals surface area contributed by atoms with E-state index in [1.807, 2.05) is 48.7 Å². The fraction of sp³-hybridized carbons (Fsp3) is 0.341. The van der Waals surface area contributed by atoms with Gasteiger partial charge in [0.15, 0.2) is 0 Å². The molecule has 47 heavy (non-hydrogen) atoms. The van der Waals surface area contributed by atoms with Gasteiger partial charge in [0.2, 0.25) is 5.71 Å². The van der Waals surface area contributed by atoms with Crippen LogP contribution in [0.5, 0.6) is 0 Å². The molecule has 0 aliphatic heterocycles. The Bertz CT molecular complexity index is 1930. The third-order valence-corrected chi connectivity index (χ3v) is 11.1. The van der Waals surface area contributed by atoms with Gasteiger partial charge in [0.25, 0.3) is 0 Å². The van der Waals surface area contributed by atoms with Gasteiger partial charge in [-0.1, -0.05) is 89.8 Å². The molecule has 6 rings (SSSR count). The standard InChI is InChI=1S/C22H21N2O.C19H26NSi.Ir/c1-4-22(3,5-2)15-11-13-23-19(14-15)18-9-6-8-16-17-10-7-12-24-21(17)25-20(16)18;1-19(2,3)13-16-12-17(15-10-8-7-9-11-15)20-14-18(16)21(4,5)6;/h6-8,10-14H,4-5H2,1-3H3;7-10,12,14H,13H2,1-6H3;/q2*-1;. The summed E-state index contributed by atoms with van der Waals surface area (Å²) in [6.07, 6.45) is 9.03. The molecule has 0 fully saturated rings. The van der Waals surface area contributed by atoms with E-state index in [4.69, 9.17) is 9.40 Å². The molecule has 4 heterocycles. The van der Waals surface area contributed by atoms with E-state index in [1.165, 1.54) is 16.3 Å². The van der Waals surface area contributed by atoms with Gasteiger partial charge in [-0.05, 0) is 70.4 Å². The van der Waals surface area contributed by atoms with Crippen LogP contribution in [-0.2, 0) is 31.9 Å². The van der Waals surface area contributed by atoms with Crippen LogP contribution in [0, 0.1) is 17.5 Å². The summed E-state index contributed by atoms with van der Waals surface area (Å²) >= 11 is 0. The van der Waals surface area contributed by atoms with Gasteiger partial charge >= 0.3 is 0 Å². The number of nitrogens with zero attached hydrogens (tertiary/aromatic N) is 3. The molecule has 0 atom stereocenters. The van der Waals surface area contributed by atoms with Gasteiger partial charge in [0, 0.05) is 44.1 Å².